The number of halogens is 4. The Hall–Kier alpha value is -3.11. The summed E-state index contributed by atoms with van der Waals surface area (Å²) in [6.45, 7) is 4.22. The molecule has 33 heavy (non-hydrogen) atoms. The maximum atomic E-state index is 13.4. The third kappa shape index (κ3) is 5.12. The molecule has 0 bridgehead atoms. The van der Waals surface area contributed by atoms with Crippen LogP contribution in [0.4, 0.5) is 40.7 Å². The molecule has 1 saturated heterocycles. The summed E-state index contributed by atoms with van der Waals surface area (Å²) in [4.78, 5) is 25.4. The number of alkyl halides is 3. The second-order valence-electron chi connectivity index (χ2n) is 8.23. The van der Waals surface area contributed by atoms with Crippen LogP contribution in [-0.2, 0) is 0 Å². The Balaban J connectivity index is 1.74. The van der Waals surface area contributed by atoms with Gasteiger partial charge in [-0.3, -0.25) is 4.79 Å². The molecule has 2 N–H and O–H groups in total. The summed E-state index contributed by atoms with van der Waals surface area (Å²) in [5.41, 5.74) is 0.880. The fraction of sp³-hybridized carbons (Fsp3) is 0.500. The zero-order valence-corrected chi connectivity index (χ0v) is 18.3. The van der Waals surface area contributed by atoms with Crippen LogP contribution in [0.25, 0.3) is 0 Å². The molecule has 178 valence electrons. The Kier molecular flexibility index (Phi) is 6.57. The van der Waals surface area contributed by atoms with Gasteiger partial charge in [0, 0.05) is 32.7 Å². The first-order chi connectivity index (χ1) is 15.8. The van der Waals surface area contributed by atoms with Crippen LogP contribution in [0.2, 0.25) is 0 Å². The normalized spacial score (nSPS) is 18.9. The summed E-state index contributed by atoms with van der Waals surface area (Å²) in [5.74, 6) is -1.70. The van der Waals surface area contributed by atoms with Gasteiger partial charge in [0.25, 0.3) is 5.91 Å². The molecule has 0 saturated carbocycles. The number of anilines is 4. The molecule has 2 aliphatic rings. The topological polar surface area (TPSA) is 73.4 Å². The van der Waals surface area contributed by atoms with Crippen molar-refractivity contribution in [3.05, 3.63) is 35.8 Å². The number of fused-ring (bicyclic) bond motifs is 1. The lowest BCUT2D eigenvalue weighted by Gasteiger charge is -2.36. The minimum Gasteiger partial charge on any atom is -0.369 e. The van der Waals surface area contributed by atoms with Gasteiger partial charge in [0.1, 0.15) is 17.5 Å². The van der Waals surface area contributed by atoms with Crippen molar-refractivity contribution in [2.45, 2.75) is 32.4 Å². The molecule has 1 amide bonds. The standard InChI is InChI=1S/C22H26F4N6O/c1-2-31-10-4-8-27-19-17(31)11-16(21(33)29-18-7-6-15(23)12-28-18)20(30-19)32-9-3-5-14(13-32)22(24,25)26/h6-7,11-12,14H,2-5,8-10,13H2,1H3,(H,27,30)(H,28,29,33). The third-order valence-corrected chi connectivity index (χ3v) is 6.00. The Morgan fingerprint density at radius 2 is 2.09 bits per heavy atom. The van der Waals surface area contributed by atoms with Gasteiger partial charge in [-0.25, -0.2) is 14.4 Å². The van der Waals surface area contributed by atoms with E-state index in [0.29, 0.717) is 31.9 Å². The number of nitrogens with one attached hydrogen (secondary N) is 2. The first-order valence-electron chi connectivity index (χ1n) is 11.0. The van der Waals surface area contributed by atoms with E-state index < -0.39 is 23.8 Å². The second-order valence-corrected chi connectivity index (χ2v) is 8.23. The SMILES string of the molecule is CCN1CCCNc2nc(N3CCCC(C(F)(F)F)C3)c(C(=O)Nc3ccc(F)cn3)cc21. The zero-order valence-electron chi connectivity index (χ0n) is 18.3. The molecule has 1 atom stereocenters. The molecule has 2 aliphatic heterocycles. The lowest BCUT2D eigenvalue weighted by Crippen LogP contribution is -2.43. The van der Waals surface area contributed by atoms with Crippen LogP contribution < -0.4 is 20.4 Å². The molecule has 1 fully saturated rings. The highest BCUT2D eigenvalue weighted by atomic mass is 19.4. The molecule has 1 unspecified atom stereocenters. The fourth-order valence-electron chi connectivity index (χ4n) is 4.27. The first kappa shape index (κ1) is 23.1. The van der Waals surface area contributed by atoms with Crippen molar-refractivity contribution < 1.29 is 22.4 Å². The lowest BCUT2D eigenvalue weighted by atomic mass is 9.97. The van der Waals surface area contributed by atoms with Gasteiger partial charge in [0.05, 0.1) is 23.4 Å². The van der Waals surface area contributed by atoms with E-state index >= 15 is 0 Å². The minimum atomic E-state index is -4.32. The van der Waals surface area contributed by atoms with Gasteiger partial charge < -0.3 is 20.4 Å². The number of piperidine rings is 1. The van der Waals surface area contributed by atoms with Gasteiger partial charge in [-0.1, -0.05) is 0 Å². The number of hydrogen-bond acceptors (Lipinski definition) is 6. The quantitative estimate of drug-likeness (QED) is 0.655. The fourth-order valence-corrected chi connectivity index (χ4v) is 4.27. The smallest absolute Gasteiger partial charge is 0.369 e. The van der Waals surface area contributed by atoms with Crippen LogP contribution >= 0.6 is 0 Å². The molecular weight excluding hydrogens is 440 g/mol. The van der Waals surface area contributed by atoms with E-state index in [2.05, 4.69) is 25.5 Å². The molecule has 0 radical (unpaired) electrons. The van der Waals surface area contributed by atoms with Crippen LogP contribution in [0.3, 0.4) is 0 Å². The van der Waals surface area contributed by atoms with Crippen LogP contribution in [0.5, 0.6) is 0 Å². The van der Waals surface area contributed by atoms with E-state index in [1.165, 1.54) is 17.0 Å². The number of nitrogens with zero attached hydrogens (tertiary/aromatic N) is 4. The monoisotopic (exact) mass is 466 g/mol. The summed E-state index contributed by atoms with van der Waals surface area (Å²) >= 11 is 0. The van der Waals surface area contributed by atoms with Crippen LogP contribution in [0, 0.1) is 11.7 Å². The molecule has 0 spiro atoms. The van der Waals surface area contributed by atoms with Crippen molar-refractivity contribution in [3.8, 4) is 0 Å². The van der Waals surface area contributed by atoms with Crippen LogP contribution in [0.1, 0.15) is 36.5 Å². The molecule has 4 heterocycles. The predicted molar refractivity (Wildman–Crippen MR) is 118 cm³/mol. The molecule has 2 aromatic rings. The Morgan fingerprint density at radius 3 is 2.79 bits per heavy atom. The van der Waals surface area contributed by atoms with Gasteiger partial charge in [0.2, 0.25) is 0 Å². The van der Waals surface area contributed by atoms with E-state index in [4.69, 9.17) is 0 Å². The van der Waals surface area contributed by atoms with Gasteiger partial charge >= 0.3 is 6.18 Å². The number of rotatable bonds is 4. The van der Waals surface area contributed by atoms with Gasteiger partial charge in [-0.2, -0.15) is 13.2 Å². The van der Waals surface area contributed by atoms with E-state index in [-0.39, 0.29) is 30.2 Å². The Labute approximate surface area is 189 Å². The van der Waals surface area contributed by atoms with Gasteiger partial charge in [-0.15, -0.1) is 0 Å². The molecule has 7 nitrogen and oxygen atoms in total. The average Bonchev–Trinajstić information content (AvgIpc) is 3.00. The minimum absolute atomic E-state index is 0.0494. The van der Waals surface area contributed by atoms with E-state index in [9.17, 15) is 22.4 Å². The average molecular weight is 466 g/mol. The van der Waals surface area contributed by atoms with Crippen LogP contribution in [0.15, 0.2) is 24.4 Å². The number of amides is 1. The van der Waals surface area contributed by atoms with Crippen molar-refractivity contribution in [2.75, 3.05) is 53.2 Å². The highest BCUT2D eigenvalue weighted by molar-refractivity contribution is 6.08. The van der Waals surface area contributed by atoms with E-state index in [0.717, 1.165) is 24.8 Å². The maximum Gasteiger partial charge on any atom is 0.393 e. The van der Waals surface area contributed by atoms with Crippen molar-refractivity contribution in [3.63, 3.8) is 0 Å². The first-order valence-corrected chi connectivity index (χ1v) is 11.0. The number of aromatic nitrogens is 2. The molecule has 2 aromatic heterocycles. The summed E-state index contributed by atoms with van der Waals surface area (Å²) in [6.07, 6.45) is -2.08. The highest BCUT2D eigenvalue weighted by Gasteiger charge is 2.42. The molecule has 0 aliphatic carbocycles. The van der Waals surface area contributed by atoms with Gasteiger partial charge in [0.15, 0.2) is 5.82 Å². The molecule has 4 rings (SSSR count). The number of pyridine rings is 2. The van der Waals surface area contributed by atoms with E-state index in [1.54, 1.807) is 6.07 Å². The van der Waals surface area contributed by atoms with Gasteiger partial charge in [-0.05, 0) is 44.4 Å². The van der Waals surface area contributed by atoms with Crippen molar-refractivity contribution in [1.29, 1.82) is 0 Å². The summed E-state index contributed by atoms with van der Waals surface area (Å²) in [5, 5.41) is 5.86. The summed E-state index contributed by atoms with van der Waals surface area (Å²) in [7, 11) is 0. The van der Waals surface area contributed by atoms with Crippen molar-refractivity contribution >= 4 is 29.0 Å². The number of carbonyl (C=O) groups is 1. The number of carbonyl (C=O) groups excluding carboxylic acids is 1. The molecule has 0 aromatic carbocycles. The largest absolute Gasteiger partial charge is 0.393 e. The van der Waals surface area contributed by atoms with Crippen molar-refractivity contribution in [1.82, 2.24) is 9.97 Å². The summed E-state index contributed by atoms with van der Waals surface area (Å²) < 4.78 is 53.5. The zero-order chi connectivity index (χ0) is 23.6. The molecular formula is C22H26F4N6O. The maximum absolute atomic E-state index is 13.4. The third-order valence-electron chi connectivity index (χ3n) is 6.00. The molecule has 11 heteroatoms. The Bertz CT molecular complexity index is 998. The predicted octanol–water partition coefficient (Wildman–Crippen LogP) is 4.29. The highest BCUT2D eigenvalue weighted by Crippen LogP contribution is 2.38. The Morgan fingerprint density at radius 1 is 1.27 bits per heavy atom. The number of hydrogen-bond donors (Lipinski definition) is 2. The van der Waals surface area contributed by atoms with Crippen molar-refractivity contribution in [2.24, 2.45) is 5.92 Å². The lowest BCUT2D eigenvalue weighted by molar-refractivity contribution is -0.176. The van der Waals surface area contributed by atoms with E-state index in [1.807, 2.05) is 6.92 Å². The second kappa shape index (κ2) is 9.40. The van der Waals surface area contributed by atoms with Crippen LogP contribution in [-0.4, -0.2) is 54.8 Å². The summed E-state index contributed by atoms with van der Waals surface area (Å²) in [6, 6.07) is 4.17.